The van der Waals surface area contributed by atoms with E-state index in [1.54, 1.807) is 6.92 Å². The van der Waals surface area contributed by atoms with Crippen LogP contribution in [-0.2, 0) is 16.1 Å². The Hall–Kier alpha value is -3.39. The number of fused-ring (bicyclic) bond motifs is 1. The van der Waals surface area contributed by atoms with E-state index in [-0.39, 0.29) is 12.2 Å². The first-order valence-electron chi connectivity index (χ1n) is 9.12. The zero-order valence-electron chi connectivity index (χ0n) is 16.0. The molecule has 2 aromatic carbocycles. The summed E-state index contributed by atoms with van der Waals surface area (Å²) in [5, 5.41) is 22.6. The first-order valence-corrected chi connectivity index (χ1v) is 9.12. The first-order chi connectivity index (χ1) is 13.8. The van der Waals surface area contributed by atoms with Crippen LogP contribution in [0.2, 0.25) is 0 Å². The molecule has 0 saturated carbocycles. The Balaban J connectivity index is 1.88. The van der Waals surface area contributed by atoms with Gasteiger partial charge in [-0.15, -0.1) is 0 Å². The molecule has 2 unspecified atom stereocenters. The van der Waals surface area contributed by atoms with E-state index in [2.05, 4.69) is 5.32 Å². The molecule has 0 aromatic heterocycles. The van der Waals surface area contributed by atoms with Gasteiger partial charge in [0.1, 0.15) is 12.8 Å². The molecule has 0 bridgehead atoms. The average Bonchev–Trinajstić information content (AvgIpc) is 2.70. The molecule has 0 aliphatic carbocycles. The summed E-state index contributed by atoms with van der Waals surface area (Å²) in [6, 6.07) is 12.6. The van der Waals surface area contributed by atoms with Crippen LogP contribution in [0.5, 0.6) is 0 Å². The van der Waals surface area contributed by atoms with Crippen molar-refractivity contribution < 1.29 is 29.3 Å². The number of alkyl carbamates (subject to hydrolysis) is 1. The largest absolute Gasteiger partial charge is 0.478 e. The molecule has 0 radical (unpaired) electrons. The second-order valence-electron chi connectivity index (χ2n) is 6.92. The number of aliphatic hydroxyl groups excluding tert-OH is 1. The lowest BCUT2D eigenvalue weighted by Crippen LogP contribution is -2.52. The molecule has 152 valence electrons. The van der Waals surface area contributed by atoms with Crippen molar-refractivity contribution in [1.82, 2.24) is 5.32 Å². The standard InChI is InChI=1S/C21H22N2O6/c1-12-18(22-21(28)29-11-14-6-4-3-5-7-14)16-10-15(20(26)27)8-9-17(16)23(13(2)24)19(12)25/h3-10,12,18-19,25H,11H2,1-2H3,(H,22,28)(H,26,27)/t12?,18?,19-/m0/s1. The number of rotatable bonds is 4. The number of anilines is 1. The van der Waals surface area contributed by atoms with Gasteiger partial charge >= 0.3 is 12.1 Å². The molecular formula is C21H22N2O6. The number of hydrogen-bond acceptors (Lipinski definition) is 5. The van der Waals surface area contributed by atoms with Crippen molar-refractivity contribution in [2.75, 3.05) is 4.90 Å². The average molecular weight is 398 g/mol. The van der Waals surface area contributed by atoms with Gasteiger partial charge in [-0.2, -0.15) is 0 Å². The second kappa shape index (κ2) is 8.32. The molecule has 8 heteroatoms. The number of aliphatic hydroxyl groups is 1. The molecule has 3 atom stereocenters. The maximum Gasteiger partial charge on any atom is 0.407 e. The van der Waals surface area contributed by atoms with Gasteiger partial charge in [-0.3, -0.25) is 9.69 Å². The second-order valence-corrected chi connectivity index (χ2v) is 6.92. The topological polar surface area (TPSA) is 116 Å². The predicted octanol–water partition coefficient (Wildman–Crippen LogP) is 2.67. The monoisotopic (exact) mass is 398 g/mol. The molecule has 0 spiro atoms. The molecule has 2 aromatic rings. The van der Waals surface area contributed by atoms with E-state index in [9.17, 15) is 24.6 Å². The maximum absolute atomic E-state index is 12.4. The molecule has 1 aliphatic heterocycles. The van der Waals surface area contributed by atoms with Crippen LogP contribution in [0.15, 0.2) is 48.5 Å². The van der Waals surface area contributed by atoms with Crippen molar-refractivity contribution in [3.8, 4) is 0 Å². The van der Waals surface area contributed by atoms with Crippen molar-refractivity contribution in [1.29, 1.82) is 0 Å². The third-order valence-corrected chi connectivity index (χ3v) is 4.96. The highest BCUT2D eigenvalue weighted by atomic mass is 16.5. The number of nitrogens with zero attached hydrogens (tertiary/aromatic N) is 1. The summed E-state index contributed by atoms with van der Waals surface area (Å²) in [5.41, 5.74) is 1.60. The highest BCUT2D eigenvalue weighted by Gasteiger charge is 2.40. The third kappa shape index (κ3) is 4.22. The highest BCUT2D eigenvalue weighted by molar-refractivity contribution is 5.95. The van der Waals surface area contributed by atoms with Gasteiger partial charge in [0.15, 0.2) is 0 Å². The van der Waals surface area contributed by atoms with Gasteiger partial charge < -0.3 is 20.3 Å². The van der Waals surface area contributed by atoms with Gasteiger partial charge in [-0.05, 0) is 29.3 Å². The molecule has 0 saturated heterocycles. The summed E-state index contributed by atoms with van der Waals surface area (Å²) >= 11 is 0. The fraction of sp³-hybridized carbons (Fsp3) is 0.286. The van der Waals surface area contributed by atoms with Crippen molar-refractivity contribution in [3.63, 3.8) is 0 Å². The Morgan fingerprint density at radius 1 is 1.14 bits per heavy atom. The fourth-order valence-corrected chi connectivity index (χ4v) is 3.45. The fourth-order valence-electron chi connectivity index (χ4n) is 3.45. The zero-order valence-corrected chi connectivity index (χ0v) is 16.0. The van der Waals surface area contributed by atoms with E-state index in [1.165, 1.54) is 30.0 Å². The van der Waals surface area contributed by atoms with E-state index in [4.69, 9.17) is 4.74 Å². The van der Waals surface area contributed by atoms with Crippen LogP contribution in [0.1, 0.15) is 41.4 Å². The van der Waals surface area contributed by atoms with Gasteiger partial charge in [0, 0.05) is 12.8 Å². The Morgan fingerprint density at radius 2 is 1.83 bits per heavy atom. The van der Waals surface area contributed by atoms with Gasteiger partial charge in [0.05, 0.1) is 17.3 Å². The van der Waals surface area contributed by atoms with E-state index in [0.717, 1.165) is 5.56 Å². The first kappa shape index (κ1) is 20.3. The molecular weight excluding hydrogens is 376 g/mol. The summed E-state index contributed by atoms with van der Waals surface area (Å²) in [4.78, 5) is 37.0. The maximum atomic E-state index is 12.4. The summed E-state index contributed by atoms with van der Waals surface area (Å²) in [6.07, 6.45) is -1.89. The number of ether oxygens (including phenoxy) is 1. The molecule has 1 heterocycles. The van der Waals surface area contributed by atoms with Gasteiger partial charge in [-0.1, -0.05) is 37.3 Å². The molecule has 3 N–H and O–H groups in total. The number of amides is 2. The van der Waals surface area contributed by atoms with E-state index in [0.29, 0.717) is 11.3 Å². The lowest BCUT2D eigenvalue weighted by atomic mass is 9.85. The Morgan fingerprint density at radius 3 is 2.45 bits per heavy atom. The van der Waals surface area contributed by atoms with E-state index in [1.807, 2.05) is 30.3 Å². The van der Waals surface area contributed by atoms with Crippen molar-refractivity contribution in [2.45, 2.75) is 32.7 Å². The summed E-state index contributed by atoms with van der Waals surface area (Å²) in [6.45, 7) is 3.05. The Kier molecular flexibility index (Phi) is 5.84. The predicted molar refractivity (Wildman–Crippen MR) is 104 cm³/mol. The molecule has 2 amide bonds. The lowest BCUT2D eigenvalue weighted by Gasteiger charge is -2.42. The number of carboxylic acids is 1. The normalized spacial score (nSPS) is 20.5. The summed E-state index contributed by atoms with van der Waals surface area (Å²) in [7, 11) is 0. The van der Waals surface area contributed by atoms with Crippen LogP contribution >= 0.6 is 0 Å². The number of carbonyl (C=O) groups excluding carboxylic acids is 2. The van der Waals surface area contributed by atoms with Crippen molar-refractivity contribution in [2.24, 2.45) is 5.92 Å². The van der Waals surface area contributed by atoms with Crippen LogP contribution in [0.4, 0.5) is 10.5 Å². The SMILES string of the molecule is CC(=O)N1c2ccc(C(=O)O)cc2C(NC(=O)OCc2ccccc2)C(C)[C@@H]1O. The molecule has 3 rings (SSSR count). The minimum atomic E-state index is -1.19. The van der Waals surface area contributed by atoms with Crippen molar-refractivity contribution in [3.05, 3.63) is 65.2 Å². The van der Waals surface area contributed by atoms with Gasteiger partial charge in [0.2, 0.25) is 5.91 Å². The van der Waals surface area contributed by atoms with Crippen LogP contribution in [0.25, 0.3) is 0 Å². The van der Waals surface area contributed by atoms with Crippen LogP contribution < -0.4 is 10.2 Å². The van der Waals surface area contributed by atoms with Crippen LogP contribution in [0.3, 0.4) is 0 Å². The number of carbonyl (C=O) groups is 3. The number of nitrogens with one attached hydrogen (secondary N) is 1. The molecule has 8 nitrogen and oxygen atoms in total. The molecule has 29 heavy (non-hydrogen) atoms. The number of carboxylic acid groups (broad SMARTS) is 1. The number of hydrogen-bond donors (Lipinski definition) is 3. The quantitative estimate of drug-likeness (QED) is 0.729. The minimum absolute atomic E-state index is 0.0142. The zero-order chi connectivity index (χ0) is 21.1. The Labute approximate surface area is 167 Å². The number of aromatic carboxylic acids is 1. The van der Waals surface area contributed by atoms with E-state index >= 15 is 0 Å². The van der Waals surface area contributed by atoms with Crippen LogP contribution in [0, 0.1) is 5.92 Å². The van der Waals surface area contributed by atoms with Gasteiger partial charge in [0.25, 0.3) is 0 Å². The Bertz CT molecular complexity index is 930. The van der Waals surface area contributed by atoms with Gasteiger partial charge in [-0.25, -0.2) is 9.59 Å². The summed E-state index contributed by atoms with van der Waals surface area (Å²) < 4.78 is 5.25. The van der Waals surface area contributed by atoms with Crippen molar-refractivity contribution >= 4 is 23.7 Å². The van der Waals surface area contributed by atoms with Crippen LogP contribution in [-0.4, -0.2) is 34.4 Å². The highest BCUT2D eigenvalue weighted by Crippen LogP contribution is 2.40. The number of benzene rings is 2. The molecule has 1 aliphatic rings. The lowest BCUT2D eigenvalue weighted by molar-refractivity contribution is -0.119. The third-order valence-electron chi connectivity index (χ3n) is 4.96. The smallest absolute Gasteiger partial charge is 0.407 e. The van der Waals surface area contributed by atoms with E-state index < -0.39 is 36.2 Å². The molecule has 0 fully saturated rings. The minimum Gasteiger partial charge on any atom is -0.478 e. The summed E-state index contributed by atoms with van der Waals surface area (Å²) in [5.74, 6) is -2.12.